The normalized spacial score (nSPS) is 21.6. The lowest BCUT2D eigenvalue weighted by molar-refractivity contribution is 0.0715. The van der Waals surface area contributed by atoms with Gasteiger partial charge >= 0.3 is 0 Å². The van der Waals surface area contributed by atoms with Crippen LogP contribution < -0.4 is 0 Å². The van der Waals surface area contributed by atoms with Crippen molar-refractivity contribution in [2.24, 2.45) is 7.05 Å². The molecule has 0 saturated carbocycles. The molecule has 1 atom stereocenters. The Kier molecular flexibility index (Phi) is 5.05. The van der Waals surface area contributed by atoms with Crippen molar-refractivity contribution >= 4 is 5.91 Å². The molecule has 1 aromatic rings. The number of aromatic nitrogens is 2. The van der Waals surface area contributed by atoms with Crippen molar-refractivity contribution in [3.05, 3.63) is 17.0 Å². The van der Waals surface area contributed by atoms with Gasteiger partial charge < -0.3 is 9.80 Å². The number of hydrogen-bond donors (Lipinski definition) is 0. The molecule has 1 aliphatic carbocycles. The van der Waals surface area contributed by atoms with Gasteiger partial charge in [-0.1, -0.05) is 13.8 Å². The highest BCUT2D eigenvalue weighted by Crippen LogP contribution is 2.28. The van der Waals surface area contributed by atoms with Crippen molar-refractivity contribution < 1.29 is 4.79 Å². The largest absolute Gasteiger partial charge is 0.337 e. The van der Waals surface area contributed by atoms with Crippen LogP contribution in [0, 0.1) is 0 Å². The molecular formula is C18H30N4O. The maximum atomic E-state index is 12.9. The van der Waals surface area contributed by atoms with Crippen LogP contribution in [0.25, 0.3) is 0 Å². The highest BCUT2D eigenvalue weighted by atomic mass is 16.2. The van der Waals surface area contributed by atoms with Gasteiger partial charge in [-0.05, 0) is 51.6 Å². The Labute approximate surface area is 139 Å². The van der Waals surface area contributed by atoms with Crippen LogP contribution in [0.4, 0.5) is 0 Å². The third kappa shape index (κ3) is 3.16. The molecule has 2 aliphatic rings. The summed E-state index contributed by atoms with van der Waals surface area (Å²) in [5, 5.41) is 4.62. The molecule has 5 nitrogen and oxygen atoms in total. The van der Waals surface area contributed by atoms with Crippen LogP contribution in [0.1, 0.15) is 61.3 Å². The summed E-state index contributed by atoms with van der Waals surface area (Å²) >= 11 is 0. The van der Waals surface area contributed by atoms with Crippen LogP contribution >= 0.6 is 0 Å². The number of piperidine rings is 1. The van der Waals surface area contributed by atoms with Crippen molar-refractivity contribution in [1.29, 1.82) is 0 Å². The lowest BCUT2D eigenvalue weighted by atomic mass is 9.90. The molecule has 128 valence electrons. The van der Waals surface area contributed by atoms with Gasteiger partial charge in [-0.3, -0.25) is 9.48 Å². The summed E-state index contributed by atoms with van der Waals surface area (Å²) in [6.45, 7) is 8.38. The van der Waals surface area contributed by atoms with E-state index in [1.807, 2.05) is 16.6 Å². The molecular weight excluding hydrogens is 288 g/mol. The zero-order valence-electron chi connectivity index (χ0n) is 14.8. The highest BCUT2D eigenvalue weighted by Gasteiger charge is 2.32. The van der Waals surface area contributed by atoms with Gasteiger partial charge in [0.05, 0.1) is 0 Å². The number of likely N-dealkylation sites (N-methyl/N-ethyl adjacent to an activating group) is 1. The smallest absolute Gasteiger partial charge is 0.274 e. The Morgan fingerprint density at radius 2 is 1.91 bits per heavy atom. The van der Waals surface area contributed by atoms with Crippen molar-refractivity contribution in [2.45, 2.75) is 58.4 Å². The number of carbonyl (C=O) groups is 1. The van der Waals surface area contributed by atoms with Crippen molar-refractivity contribution in [3.63, 3.8) is 0 Å². The second-order valence-electron chi connectivity index (χ2n) is 6.87. The number of hydrogen-bond acceptors (Lipinski definition) is 3. The average molecular weight is 318 g/mol. The maximum absolute atomic E-state index is 12.9. The van der Waals surface area contributed by atoms with E-state index in [1.165, 1.54) is 24.1 Å². The van der Waals surface area contributed by atoms with Crippen LogP contribution in [0.5, 0.6) is 0 Å². The number of carbonyl (C=O) groups excluding carboxylic acids is 1. The van der Waals surface area contributed by atoms with E-state index < -0.39 is 0 Å². The van der Waals surface area contributed by atoms with Crippen LogP contribution in [0.2, 0.25) is 0 Å². The maximum Gasteiger partial charge on any atom is 0.274 e. The quantitative estimate of drug-likeness (QED) is 0.855. The molecule has 23 heavy (non-hydrogen) atoms. The first kappa shape index (κ1) is 16.5. The number of aryl methyl sites for hydroxylation is 1. The lowest BCUT2D eigenvalue weighted by Crippen LogP contribution is -2.40. The van der Waals surface area contributed by atoms with Gasteiger partial charge in [-0.2, -0.15) is 5.10 Å². The van der Waals surface area contributed by atoms with Gasteiger partial charge in [0, 0.05) is 37.4 Å². The molecule has 1 amide bonds. The lowest BCUT2D eigenvalue weighted by Gasteiger charge is -2.33. The monoisotopic (exact) mass is 318 g/mol. The fourth-order valence-electron chi connectivity index (χ4n) is 4.24. The zero-order chi connectivity index (χ0) is 16.4. The van der Waals surface area contributed by atoms with Crippen LogP contribution in [-0.4, -0.2) is 57.7 Å². The van der Waals surface area contributed by atoms with Crippen molar-refractivity contribution in [3.8, 4) is 0 Å². The molecule has 0 radical (unpaired) electrons. The Hall–Kier alpha value is -1.36. The third-order valence-electron chi connectivity index (χ3n) is 5.60. The predicted octanol–water partition coefficient (Wildman–Crippen LogP) is 2.25. The molecule has 5 heteroatoms. The van der Waals surface area contributed by atoms with Crippen LogP contribution in [0.15, 0.2) is 0 Å². The molecule has 0 N–H and O–H groups in total. The van der Waals surface area contributed by atoms with Gasteiger partial charge in [-0.15, -0.1) is 0 Å². The second-order valence-corrected chi connectivity index (χ2v) is 6.87. The minimum Gasteiger partial charge on any atom is -0.337 e. The number of nitrogens with zero attached hydrogens (tertiary/aromatic N) is 4. The predicted molar refractivity (Wildman–Crippen MR) is 91.7 cm³/mol. The first-order valence-electron chi connectivity index (χ1n) is 9.23. The first-order chi connectivity index (χ1) is 11.2. The standard InChI is InChI=1S/C18H30N4O/c1-4-21(5-2)14-9-10-16-15(13-14)17(19-20(16)3)18(23)22-11-7-6-8-12-22/h14H,4-13H2,1-3H3. The average Bonchev–Trinajstić information content (AvgIpc) is 2.93. The SMILES string of the molecule is CCN(CC)C1CCc2c(c(C(=O)N3CCCCC3)nn2C)C1. The van der Waals surface area contributed by atoms with Crippen molar-refractivity contribution in [1.82, 2.24) is 19.6 Å². The molecule has 0 bridgehead atoms. The van der Waals surface area contributed by atoms with E-state index in [9.17, 15) is 4.79 Å². The summed E-state index contributed by atoms with van der Waals surface area (Å²) in [4.78, 5) is 17.5. The highest BCUT2D eigenvalue weighted by molar-refractivity contribution is 5.94. The first-order valence-corrected chi connectivity index (χ1v) is 9.23. The molecule has 1 aromatic heterocycles. The molecule has 0 aromatic carbocycles. The summed E-state index contributed by atoms with van der Waals surface area (Å²) < 4.78 is 1.95. The van der Waals surface area contributed by atoms with Crippen molar-refractivity contribution in [2.75, 3.05) is 26.2 Å². The molecule has 2 heterocycles. The third-order valence-corrected chi connectivity index (χ3v) is 5.60. The molecule has 1 fully saturated rings. The summed E-state index contributed by atoms with van der Waals surface area (Å²) in [5.74, 6) is 0.154. The van der Waals surface area contributed by atoms with E-state index in [2.05, 4.69) is 23.8 Å². The summed E-state index contributed by atoms with van der Waals surface area (Å²) in [5.41, 5.74) is 3.21. The summed E-state index contributed by atoms with van der Waals surface area (Å²) in [6.07, 6.45) is 6.68. The van der Waals surface area contributed by atoms with E-state index in [0.717, 1.165) is 57.6 Å². The van der Waals surface area contributed by atoms with Gasteiger partial charge in [-0.25, -0.2) is 0 Å². The minimum absolute atomic E-state index is 0.154. The van der Waals surface area contributed by atoms with Crippen LogP contribution in [0.3, 0.4) is 0 Å². The number of amides is 1. The Morgan fingerprint density at radius 1 is 1.22 bits per heavy atom. The Balaban J connectivity index is 1.84. The van der Waals surface area contributed by atoms with E-state index in [1.54, 1.807) is 0 Å². The number of rotatable bonds is 4. The number of likely N-dealkylation sites (tertiary alicyclic amines) is 1. The van der Waals surface area contributed by atoms with E-state index in [0.29, 0.717) is 6.04 Å². The molecule has 1 aliphatic heterocycles. The fourth-order valence-corrected chi connectivity index (χ4v) is 4.24. The molecule has 0 spiro atoms. The van der Waals surface area contributed by atoms with Gasteiger partial charge in [0.2, 0.25) is 0 Å². The fraction of sp³-hybridized carbons (Fsp3) is 0.778. The minimum atomic E-state index is 0.154. The van der Waals surface area contributed by atoms with E-state index in [-0.39, 0.29) is 5.91 Å². The van der Waals surface area contributed by atoms with E-state index >= 15 is 0 Å². The van der Waals surface area contributed by atoms with Gasteiger partial charge in [0.25, 0.3) is 5.91 Å². The molecule has 1 saturated heterocycles. The topological polar surface area (TPSA) is 41.4 Å². The summed E-state index contributed by atoms with van der Waals surface area (Å²) in [6, 6.07) is 0.551. The van der Waals surface area contributed by atoms with Gasteiger partial charge in [0.1, 0.15) is 0 Å². The molecule has 1 unspecified atom stereocenters. The van der Waals surface area contributed by atoms with Gasteiger partial charge in [0.15, 0.2) is 5.69 Å². The second kappa shape index (κ2) is 7.04. The Morgan fingerprint density at radius 3 is 2.57 bits per heavy atom. The number of fused-ring (bicyclic) bond motifs is 1. The van der Waals surface area contributed by atoms with Crippen LogP contribution in [-0.2, 0) is 19.9 Å². The summed E-state index contributed by atoms with van der Waals surface area (Å²) in [7, 11) is 1.99. The van der Waals surface area contributed by atoms with E-state index in [4.69, 9.17) is 0 Å². The molecule has 3 rings (SSSR count). The Bertz CT molecular complexity index is 556. The zero-order valence-corrected chi connectivity index (χ0v) is 14.8.